The maximum Gasteiger partial charge on any atom is 0.161 e. The van der Waals surface area contributed by atoms with Crippen molar-refractivity contribution in [3.63, 3.8) is 0 Å². The molecule has 1 heterocycles. The summed E-state index contributed by atoms with van der Waals surface area (Å²) in [5.41, 5.74) is 3.12. The van der Waals surface area contributed by atoms with Gasteiger partial charge in [-0.15, -0.1) is 0 Å². The molecule has 0 saturated heterocycles. The Labute approximate surface area is 140 Å². The molecule has 0 fully saturated rings. The number of imidazole rings is 1. The van der Waals surface area contributed by atoms with Crippen molar-refractivity contribution in [2.45, 2.75) is 0 Å². The highest BCUT2D eigenvalue weighted by atomic mass is 16.5. The average Bonchev–Trinajstić information content (AvgIpc) is 2.98. The highest BCUT2D eigenvalue weighted by Crippen LogP contribution is 2.34. The van der Waals surface area contributed by atoms with Gasteiger partial charge in [0.05, 0.1) is 25.3 Å². The number of methoxy groups -OCH3 is 2. The minimum absolute atomic E-state index is 0.701. The molecule has 0 aliphatic heterocycles. The lowest BCUT2D eigenvalue weighted by atomic mass is 10.1. The summed E-state index contributed by atoms with van der Waals surface area (Å²) in [7, 11) is 5.32. The summed E-state index contributed by atoms with van der Waals surface area (Å²) in [5, 5.41) is 2.36. The van der Waals surface area contributed by atoms with Crippen LogP contribution in [0, 0.1) is 0 Å². The maximum absolute atomic E-state index is 5.42. The van der Waals surface area contributed by atoms with E-state index in [1.54, 1.807) is 14.2 Å². The molecule has 0 N–H and O–H groups in total. The van der Waals surface area contributed by atoms with Gasteiger partial charge in [0, 0.05) is 18.0 Å². The van der Waals surface area contributed by atoms with Crippen molar-refractivity contribution in [3.8, 4) is 22.9 Å². The SMILES string of the molecule is COc1ccc(-c2nc3c4ccccc4ccc3n2C)cc1OC. The number of aryl methyl sites for hydroxylation is 1. The van der Waals surface area contributed by atoms with Crippen LogP contribution in [0.1, 0.15) is 0 Å². The molecule has 0 atom stereocenters. The molecule has 0 amide bonds. The summed E-state index contributed by atoms with van der Waals surface area (Å²) < 4.78 is 12.9. The number of benzene rings is 3. The van der Waals surface area contributed by atoms with E-state index in [4.69, 9.17) is 14.5 Å². The van der Waals surface area contributed by atoms with Gasteiger partial charge in [-0.25, -0.2) is 4.98 Å². The molecule has 4 rings (SSSR count). The van der Waals surface area contributed by atoms with Gasteiger partial charge in [0.1, 0.15) is 5.82 Å². The van der Waals surface area contributed by atoms with Crippen molar-refractivity contribution < 1.29 is 9.47 Å². The number of aromatic nitrogens is 2. The maximum atomic E-state index is 5.42. The zero-order chi connectivity index (χ0) is 16.7. The number of nitrogens with zero attached hydrogens (tertiary/aromatic N) is 2. The van der Waals surface area contributed by atoms with Gasteiger partial charge in [0.25, 0.3) is 0 Å². The predicted octanol–water partition coefficient (Wildman–Crippen LogP) is 4.41. The van der Waals surface area contributed by atoms with Gasteiger partial charge in [-0.1, -0.05) is 30.3 Å². The lowest BCUT2D eigenvalue weighted by Gasteiger charge is -2.09. The van der Waals surface area contributed by atoms with E-state index in [-0.39, 0.29) is 0 Å². The molecular formula is C20H18N2O2. The van der Waals surface area contributed by atoms with Crippen molar-refractivity contribution in [3.05, 3.63) is 54.6 Å². The van der Waals surface area contributed by atoms with E-state index in [0.29, 0.717) is 11.5 Å². The standard InChI is InChI=1S/C20H18N2O2/c1-22-16-10-8-13-6-4-5-7-15(13)19(16)21-20(22)14-9-11-17(23-2)18(12-14)24-3/h4-12H,1-3H3. The number of fused-ring (bicyclic) bond motifs is 3. The number of hydrogen-bond acceptors (Lipinski definition) is 3. The van der Waals surface area contributed by atoms with Crippen molar-refractivity contribution in [1.29, 1.82) is 0 Å². The average molecular weight is 318 g/mol. The molecule has 0 spiro atoms. The third kappa shape index (κ3) is 2.11. The quantitative estimate of drug-likeness (QED) is 0.561. The van der Waals surface area contributed by atoms with Crippen LogP contribution in [0.15, 0.2) is 54.6 Å². The van der Waals surface area contributed by atoms with Crippen molar-refractivity contribution in [2.24, 2.45) is 7.05 Å². The summed E-state index contributed by atoms with van der Waals surface area (Å²) in [6, 6.07) is 18.5. The third-order valence-corrected chi connectivity index (χ3v) is 4.42. The predicted molar refractivity (Wildman–Crippen MR) is 96.8 cm³/mol. The molecule has 120 valence electrons. The van der Waals surface area contributed by atoms with Gasteiger partial charge < -0.3 is 14.0 Å². The van der Waals surface area contributed by atoms with Crippen molar-refractivity contribution in [2.75, 3.05) is 14.2 Å². The van der Waals surface area contributed by atoms with Crippen LogP contribution in [-0.4, -0.2) is 23.8 Å². The number of hydrogen-bond donors (Lipinski definition) is 0. The normalized spacial score (nSPS) is 11.1. The van der Waals surface area contributed by atoms with Crippen LogP contribution in [0.25, 0.3) is 33.2 Å². The number of ether oxygens (including phenoxy) is 2. The first-order chi connectivity index (χ1) is 11.7. The third-order valence-electron chi connectivity index (χ3n) is 4.42. The topological polar surface area (TPSA) is 36.3 Å². The molecule has 1 aromatic heterocycles. The molecule has 0 radical (unpaired) electrons. The second kappa shape index (κ2) is 5.57. The monoisotopic (exact) mass is 318 g/mol. The Morgan fingerprint density at radius 2 is 1.67 bits per heavy atom. The van der Waals surface area contributed by atoms with Gasteiger partial charge in [0.2, 0.25) is 0 Å². The fourth-order valence-electron chi connectivity index (χ4n) is 3.16. The first-order valence-electron chi connectivity index (χ1n) is 7.79. The smallest absolute Gasteiger partial charge is 0.161 e. The van der Waals surface area contributed by atoms with Crippen LogP contribution in [-0.2, 0) is 7.05 Å². The van der Waals surface area contributed by atoms with Crippen LogP contribution in [0.2, 0.25) is 0 Å². The van der Waals surface area contributed by atoms with Gasteiger partial charge in [0.15, 0.2) is 11.5 Å². The van der Waals surface area contributed by atoms with E-state index in [0.717, 1.165) is 27.8 Å². The summed E-state index contributed by atoms with van der Waals surface area (Å²) in [4.78, 5) is 4.91. The highest BCUT2D eigenvalue weighted by molar-refractivity contribution is 6.05. The first kappa shape index (κ1) is 14.6. The molecule has 4 nitrogen and oxygen atoms in total. The fourth-order valence-corrected chi connectivity index (χ4v) is 3.16. The van der Waals surface area contributed by atoms with Gasteiger partial charge >= 0.3 is 0 Å². The minimum atomic E-state index is 0.701. The second-order valence-electron chi connectivity index (χ2n) is 5.72. The van der Waals surface area contributed by atoms with E-state index in [9.17, 15) is 0 Å². The van der Waals surface area contributed by atoms with Gasteiger partial charge in [-0.05, 0) is 29.7 Å². The Kier molecular flexibility index (Phi) is 3.38. The second-order valence-corrected chi connectivity index (χ2v) is 5.72. The number of rotatable bonds is 3. The van der Waals surface area contributed by atoms with Crippen molar-refractivity contribution in [1.82, 2.24) is 9.55 Å². The van der Waals surface area contributed by atoms with E-state index in [1.807, 2.05) is 37.4 Å². The Morgan fingerprint density at radius 3 is 2.46 bits per heavy atom. The van der Waals surface area contributed by atoms with Crippen LogP contribution >= 0.6 is 0 Å². The summed E-state index contributed by atoms with van der Waals surface area (Å²) in [6.07, 6.45) is 0. The molecule has 0 aliphatic carbocycles. The molecule has 4 aromatic rings. The molecule has 3 aromatic carbocycles. The molecule has 0 saturated carbocycles. The molecule has 24 heavy (non-hydrogen) atoms. The largest absolute Gasteiger partial charge is 0.493 e. The van der Waals surface area contributed by atoms with Gasteiger partial charge in [-0.2, -0.15) is 0 Å². The lowest BCUT2D eigenvalue weighted by molar-refractivity contribution is 0.355. The van der Waals surface area contributed by atoms with E-state index in [1.165, 1.54) is 5.39 Å². The lowest BCUT2D eigenvalue weighted by Crippen LogP contribution is -1.95. The molecule has 0 unspecified atom stereocenters. The fraction of sp³-hybridized carbons (Fsp3) is 0.150. The Morgan fingerprint density at radius 1 is 0.875 bits per heavy atom. The van der Waals surface area contributed by atoms with Crippen molar-refractivity contribution >= 4 is 21.8 Å². The van der Waals surface area contributed by atoms with Crippen LogP contribution < -0.4 is 9.47 Å². The first-order valence-corrected chi connectivity index (χ1v) is 7.79. The molecule has 0 aliphatic rings. The summed E-state index contributed by atoms with van der Waals surface area (Å²) >= 11 is 0. The minimum Gasteiger partial charge on any atom is -0.493 e. The Bertz CT molecular complexity index is 1050. The summed E-state index contributed by atoms with van der Waals surface area (Å²) in [5.74, 6) is 2.32. The molecule has 0 bridgehead atoms. The van der Waals surface area contributed by atoms with Crippen LogP contribution in [0.4, 0.5) is 0 Å². The zero-order valence-corrected chi connectivity index (χ0v) is 13.9. The Hall–Kier alpha value is -3.01. The van der Waals surface area contributed by atoms with E-state index >= 15 is 0 Å². The van der Waals surface area contributed by atoms with E-state index in [2.05, 4.69) is 28.8 Å². The van der Waals surface area contributed by atoms with Gasteiger partial charge in [-0.3, -0.25) is 0 Å². The van der Waals surface area contributed by atoms with Crippen LogP contribution in [0.5, 0.6) is 11.5 Å². The zero-order valence-electron chi connectivity index (χ0n) is 13.9. The van der Waals surface area contributed by atoms with E-state index < -0.39 is 0 Å². The summed E-state index contributed by atoms with van der Waals surface area (Å²) in [6.45, 7) is 0. The molecule has 4 heteroatoms. The van der Waals surface area contributed by atoms with Crippen LogP contribution in [0.3, 0.4) is 0 Å². The molecular weight excluding hydrogens is 300 g/mol. The highest BCUT2D eigenvalue weighted by Gasteiger charge is 2.14. The Balaban J connectivity index is 1.97.